The van der Waals surface area contributed by atoms with Crippen LogP contribution in [0.1, 0.15) is 29.0 Å². The van der Waals surface area contributed by atoms with Crippen molar-refractivity contribution in [2.75, 3.05) is 0 Å². The molecule has 5 aromatic rings. The van der Waals surface area contributed by atoms with Crippen LogP contribution in [0.15, 0.2) is 84.2 Å². The van der Waals surface area contributed by atoms with Gasteiger partial charge in [-0.3, -0.25) is 14.8 Å². The Morgan fingerprint density at radius 1 is 1.06 bits per heavy atom. The maximum Gasteiger partial charge on any atom is 0.335 e. The Hall–Kier alpha value is -4.23. The third kappa shape index (κ3) is 3.86. The summed E-state index contributed by atoms with van der Waals surface area (Å²) in [6.07, 6.45) is 7.11. The second-order valence-electron chi connectivity index (χ2n) is 7.92. The molecule has 0 aliphatic rings. The van der Waals surface area contributed by atoms with Crippen molar-refractivity contribution in [3.05, 3.63) is 106 Å². The lowest BCUT2D eigenvalue weighted by molar-refractivity contribution is 0.0697. The Bertz CT molecular complexity index is 1570. The summed E-state index contributed by atoms with van der Waals surface area (Å²) in [5.74, 6) is -0.972. The zero-order valence-corrected chi connectivity index (χ0v) is 18.8. The number of hydrogen-bond donors (Lipinski definition) is 2. The van der Waals surface area contributed by atoms with E-state index in [0.29, 0.717) is 0 Å². The van der Waals surface area contributed by atoms with E-state index < -0.39 is 5.97 Å². The van der Waals surface area contributed by atoms with E-state index in [9.17, 15) is 14.7 Å². The second-order valence-corrected chi connectivity index (χ2v) is 8.33. The topological polar surface area (TPSA) is 101 Å². The van der Waals surface area contributed by atoms with Gasteiger partial charge in [0.25, 0.3) is 5.56 Å². The van der Waals surface area contributed by atoms with Crippen LogP contribution in [0.25, 0.3) is 33.3 Å². The molecule has 8 heteroatoms. The summed E-state index contributed by atoms with van der Waals surface area (Å²) in [4.78, 5) is 34.9. The molecule has 168 valence electrons. The van der Waals surface area contributed by atoms with Crippen molar-refractivity contribution in [1.82, 2.24) is 19.5 Å². The molecule has 4 aromatic heterocycles. The minimum atomic E-state index is -0.972. The smallest absolute Gasteiger partial charge is 0.335 e. The quantitative estimate of drug-likeness (QED) is 0.357. The van der Waals surface area contributed by atoms with Crippen molar-refractivity contribution in [2.45, 2.75) is 13.0 Å². The van der Waals surface area contributed by atoms with Gasteiger partial charge in [0.15, 0.2) is 0 Å². The molecule has 1 atom stereocenters. The Morgan fingerprint density at radius 2 is 1.85 bits per heavy atom. The van der Waals surface area contributed by atoms with Gasteiger partial charge in [0, 0.05) is 41.5 Å². The molecular weight excluding hydrogens is 452 g/mol. The van der Waals surface area contributed by atoms with Gasteiger partial charge in [0.2, 0.25) is 0 Å². The predicted molar refractivity (Wildman–Crippen MR) is 131 cm³/mol. The first-order valence-electron chi connectivity index (χ1n) is 10.6. The highest BCUT2D eigenvalue weighted by Gasteiger charge is 2.19. The number of hydrogen-bond acceptors (Lipinski definition) is 4. The molecule has 0 radical (unpaired) electrons. The fourth-order valence-electron chi connectivity index (χ4n) is 4.00. The van der Waals surface area contributed by atoms with E-state index in [0.717, 1.165) is 39.0 Å². The molecule has 0 saturated carbocycles. The van der Waals surface area contributed by atoms with Gasteiger partial charge in [-0.05, 0) is 48.9 Å². The third-order valence-electron chi connectivity index (χ3n) is 5.84. The molecule has 5 rings (SSSR count). The molecule has 0 saturated heterocycles. The summed E-state index contributed by atoms with van der Waals surface area (Å²) in [6, 6.07) is 16.0. The minimum Gasteiger partial charge on any atom is -0.478 e. The first-order chi connectivity index (χ1) is 16.4. The van der Waals surface area contributed by atoms with Crippen molar-refractivity contribution in [2.24, 2.45) is 0 Å². The van der Waals surface area contributed by atoms with Crippen molar-refractivity contribution >= 4 is 28.6 Å². The lowest BCUT2D eigenvalue weighted by atomic mass is 10.0. The molecule has 4 heterocycles. The van der Waals surface area contributed by atoms with Gasteiger partial charge in [-0.25, -0.2) is 4.79 Å². The molecular formula is C26H19ClN4O3. The molecule has 2 N–H and O–H groups in total. The number of nitrogens with one attached hydrogen (secondary N) is 1. The Morgan fingerprint density at radius 3 is 2.53 bits per heavy atom. The molecule has 0 bridgehead atoms. The van der Waals surface area contributed by atoms with Gasteiger partial charge in [0.05, 0.1) is 28.3 Å². The van der Waals surface area contributed by atoms with Crippen LogP contribution in [0.3, 0.4) is 0 Å². The van der Waals surface area contributed by atoms with Gasteiger partial charge < -0.3 is 14.7 Å². The van der Waals surface area contributed by atoms with E-state index in [1.54, 1.807) is 48.9 Å². The van der Waals surface area contributed by atoms with Crippen LogP contribution in [0.2, 0.25) is 5.02 Å². The monoisotopic (exact) mass is 470 g/mol. The fraction of sp³-hybridized carbons (Fsp3) is 0.0769. The van der Waals surface area contributed by atoms with Gasteiger partial charge in [-0.2, -0.15) is 0 Å². The van der Waals surface area contributed by atoms with Gasteiger partial charge in [-0.15, -0.1) is 0 Å². The molecule has 0 amide bonds. The molecule has 7 nitrogen and oxygen atoms in total. The minimum absolute atomic E-state index is 0.0908. The van der Waals surface area contributed by atoms with Gasteiger partial charge in [-0.1, -0.05) is 29.8 Å². The first-order valence-corrected chi connectivity index (χ1v) is 10.9. The number of H-pyrrole nitrogens is 1. The maximum atomic E-state index is 11.7. The van der Waals surface area contributed by atoms with Crippen LogP contribution in [0.4, 0.5) is 0 Å². The van der Waals surface area contributed by atoms with Crippen molar-refractivity contribution in [3.63, 3.8) is 0 Å². The largest absolute Gasteiger partial charge is 0.478 e. The number of aromatic amines is 1. The number of rotatable bonds is 5. The summed E-state index contributed by atoms with van der Waals surface area (Å²) < 4.78 is 2.10. The normalized spacial score (nSPS) is 12.1. The standard InChI is InChI=1S/C26H19ClN4O3/c1-15(22-4-2-3-9-28-22)31-14-20(16-5-7-17(8-6-16)26(33)34)24-23(31)11-19(12-29-24)18-10-21(27)25(32)30-13-18/h2-15H,1H3,(H,30,32)(H,33,34). The van der Waals surface area contributed by atoms with Crippen LogP contribution >= 0.6 is 11.6 Å². The SMILES string of the molecule is CC(c1ccccn1)n1cc(-c2ccc(C(=O)O)cc2)c2ncc(-c3c[nH]c(=O)c(Cl)c3)cc21. The molecule has 0 aliphatic heterocycles. The average Bonchev–Trinajstić information content (AvgIpc) is 3.24. The number of carboxylic acid groups (broad SMARTS) is 1. The van der Waals surface area contributed by atoms with Crippen molar-refractivity contribution in [3.8, 4) is 22.3 Å². The summed E-state index contributed by atoms with van der Waals surface area (Å²) in [5, 5.41) is 9.35. The fourth-order valence-corrected chi connectivity index (χ4v) is 4.17. The Labute approximate surface area is 199 Å². The van der Waals surface area contributed by atoms with E-state index in [-0.39, 0.29) is 22.2 Å². The molecule has 34 heavy (non-hydrogen) atoms. The van der Waals surface area contributed by atoms with E-state index in [1.165, 1.54) is 0 Å². The number of carbonyl (C=O) groups is 1. The van der Waals surface area contributed by atoms with Crippen LogP contribution in [0.5, 0.6) is 0 Å². The second kappa shape index (κ2) is 8.61. The average molecular weight is 471 g/mol. The molecule has 1 aromatic carbocycles. The van der Waals surface area contributed by atoms with Crippen molar-refractivity contribution < 1.29 is 9.90 Å². The molecule has 0 spiro atoms. The molecule has 1 unspecified atom stereocenters. The lowest BCUT2D eigenvalue weighted by Gasteiger charge is -2.15. The lowest BCUT2D eigenvalue weighted by Crippen LogP contribution is -2.07. The van der Waals surface area contributed by atoms with Gasteiger partial charge in [0.1, 0.15) is 5.02 Å². The number of nitrogens with zero attached hydrogens (tertiary/aromatic N) is 3. The highest BCUT2D eigenvalue weighted by Crippen LogP contribution is 2.35. The van der Waals surface area contributed by atoms with Crippen molar-refractivity contribution in [1.29, 1.82) is 0 Å². The highest BCUT2D eigenvalue weighted by molar-refractivity contribution is 6.30. The Balaban J connectivity index is 1.71. The number of fused-ring (bicyclic) bond motifs is 1. The third-order valence-corrected chi connectivity index (χ3v) is 6.12. The zero-order chi connectivity index (χ0) is 23.8. The summed E-state index contributed by atoms with van der Waals surface area (Å²) in [7, 11) is 0. The van der Waals surface area contributed by atoms with E-state index in [2.05, 4.69) is 21.5 Å². The van der Waals surface area contributed by atoms with E-state index >= 15 is 0 Å². The number of aromatic carboxylic acids is 1. The number of halogens is 1. The van der Waals surface area contributed by atoms with Crippen LogP contribution in [-0.2, 0) is 0 Å². The first kappa shape index (κ1) is 21.6. The summed E-state index contributed by atoms with van der Waals surface area (Å²) in [5.41, 5.74) is 5.67. The molecule has 0 aliphatic carbocycles. The van der Waals surface area contributed by atoms with Crippen LogP contribution in [0, 0.1) is 0 Å². The highest BCUT2D eigenvalue weighted by atomic mass is 35.5. The van der Waals surface area contributed by atoms with E-state index in [1.807, 2.05) is 30.5 Å². The van der Waals surface area contributed by atoms with Gasteiger partial charge >= 0.3 is 5.97 Å². The zero-order valence-electron chi connectivity index (χ0n) is 18.1. The summed E-state index contributed by atoms with van der Waals surface area (Å²) >= 11 is 6.04. The maximum absolute atomic E-state index is 11.7. The predicted octanol–water partition coefficient (Wildman–Crippen LogP) is 5.41. The summed E-state index contributed by atoms with van der Waals surface area (Å²) in [6.45, 7) is 2.06. The van der Waals surface area contributed by atoms with E-state index in [4.69, 9.17) is 16.6 Å². The number of pyridine rings is 3. The number of carboxylic acids is 1. The molecule has 0 fully saturated rings. The van der Waals surface area contributed by atoms with Crippen LogP contribution < -0.4 is 5.56 Å². The number of benzene rings is 1. The number of aromatic nitrogens is 4. The van der Waals surface area contributed by atoms with Crippen LogP contribution in [-0.4, -0.2) is 30.6 Å². The Kier molecular flexibility index (Phi) is 5.47.